The first-order valence-electron chi connectivity index (χ1n) is 8.78. The van der Waals surface area contributed by atoms with Crippen molar-refractivity contribution in [3.63, 3.8) is 0 Å². The molecule has 126 valence electrons. The molecule has 0 spiro atoms. The number of fused-ring (bicyclic) bond motifs is 3. The quantitative estimate of drug-likeness (QED) is 0.755. The van der Waals surface area contributed by atoms with Crippen LogP contribution in [0.25, 0.3) is 0 Å². The average Bonchev–Trinajstić information content (AvgIpc) is 2.86. The third kappa shape index (κ3) is 2.46. The number of rotatable bonds is 2. The SMILES string of the molecule is O=C(N=C1S[C@H]2CS(=O)(=O)C[C@@H]2N1[C@@H]1C[C@@H]2CC[C@@H]1C2)C1CC1. The molecule has 5 rings (SSSR count). The van der Waals surface area contributed by atoms with Crippen LogP contribution in [0.2, 0.25) is 0 Å². The lowest BCUT2D eigenvalue weighted by Gasteiger charge is -2.36. The van der Waals surface area contributed by atoms with E-state index in [-0.39, 0.29) is 34.6 Å². The molecule has 3 saturated carbocycles. The molecule has 5 fully saturated rings. The zero-order chi connectivity index (χ0) is 15.8. The monoisotopic (exact) mass is 354 g/mol. The molecule has 3 aliphatic carbocycles. The highest BCUT2D eigenvalue weighted by Crippen LogP contribution is 2.51. The Morgan fingerprint density at radius 2 is 1.91 bits per heavy atom. The van der Waals surface area contributed by atoms with Gasteiger partial charge in [-0.2, -0.15) is 4.99 Å². The second kappa shape index (κ2) is 4.97. The highest BCUT2D eigenvalue weighted by atomic mass is 32.2. The smallest absolute Gasteiger partial charge is 0.251 e. The van der Waals surface area contributed by atoms with Crippen LogP contribution in [0, 0.1) is 17.8 Å². The van der Waals surface area contributed by atoms with E-state index in [0.717, 1.165) is 30.3 Å². The number of hydrogen-bond donors (Lipinski definition) is 0. The molecular weight excluding hydrogens is 332 g/mol. The van der Waals surface area contributed by atoms with E-state index >= 15 is 0 Å². The molecule has 5 aliphatic rings. The second-order valence-electron chi connectivity index (χ2n) is 7.96. The van der Waals surface area contributed by atoms with Gasteiger partial charge in [0.2, 0.25) is 0 Å². The lowest BCUT2D eigenvalue weighted by atomic mass is 9.93. The minimum absolute atomic E-state index is 0.0171. The predicted molar refractivity (Wildman–Crippen MR) is 90.1 cm³/mol. The van der Waals surface area contributed by atoms with Crippen molar-refractivity contribution in [2.75, 3.05) is 11.5 Å². The van der Waals surface area contributed by atoms with Gasteiger partial charge in [0.05, 0.1) is 17.5 Å². The summed E-state index contributed by atoms with van der Waals surface area (Å²) in [7, 11) is -2.94. The predicted octanol–water partition coefficient (Wildman–Crippen LogP) is 1.68. The van der Waals surface area contributed by atoms with Gasteiger partial charge in [-0.05, 0) is 43.9 Å². The van der Waals surface area contributed by atoms with Crippen LogP contribution in [0.1, 0.15) is 38.5 Å². The Bertz CT molecular complexity index is 685. The van der Waals surface area contributed by atoms with E-state index in [2.05, 4.69) is 9.89 Å². The van der Waals surface area contributed by atoms with Crippen LogP contribution in [0.3, 0.4) is 0 Å². The summed E-state index contributed by atoms with van der Waals surface area (Å²) in [6, 6.07) is 0.454. The fraction of sp³-hybridized carbons (Fsp3) is 0.875. The van der Waals surface area contributed by atoms with Gasteiger partial charge < -0.3 is 4.90 Å². The van der Waals surface area contributed by atoms with Gasteiger partial charge in [-0.25, -0.2) is 8.42 Å². The van der Waals surface area contributed by atoms with Gasteiger partial charge in [0.1, 0.15) is 0 Å². The van der Waals surface area contributed by atoms with Crippen LogP contribution >= 0.6 is 11.8 Å². The lowest BCUT2D eigenvalue weighted by Crippen LogP contribution is -2.47. The molecule has 0 aromatic carbocycles. The molecule has 2 bridgehead atoms. The minimum atomic E-state index is -2.94. The summed E-state index contributed by atoms with van der Waals surface area (Å²) >= 11 is 1.56. The summed E-state index contributed by atoms with van der Waals surface area (Å²) in [5.41, 5.74) is 0. The molecular formula is C16H22N2O3S2. The number of amides is 1. The standard InChI is InChI=1S/C16H22N2O3S2/c19-15(10-3-4-10)17-16-18(12-6-9-1-2-11(12)5-9)13-7-23(20,21)8-14(13)22-16/h9-14H,1-8H2/t9-,11-,12-,13+,14+/m1/s1. The third-order valence-electron chi connectivity index (χ3n) is 6.30. The largest absolute Gasteiger partial charge is 0.343 e. The number of hydrogen-bond acceptors (Lipinski definition) is 4. The molecule has 1 amide bonds. The van der Waals surface area contributed by atoms with Gasteiger partial charge in [0, 0.05) is 17.2 Å². The number of thioether (sulfide) groups is 1. The number of amidine groups is 1. The van der Waals surface area contributed by atoms with Crippen LogP contribution in [0.15, 0.2) is 4.99 Å². The van der Waals surface area contributed by atoms with E-state index in [0.29, 0.717) is 12.0 Å². The fourth-order valence-electron chi connectivity index (χ4n) is 5.05. The Morgan fingerprint density at radius 3 is 2.57 bits per heavy atom. The zero-order valence-electron chi connectivity index (χ0n) is 13.1. The first-order valence-corrected chi connectivity index (χ1v) is 11.5. The summed E-state index contributed by atoms with van der Waals surface area (Å²) in [6.45, 7) is 0. The summed E-state index contributed by atoms with van der Waals surface area (Å²) in [6.07, 6.45) is 6.95. The van der Waals surface area contributed by atoms with E-state index in [9.17, 15) is 13.2 Å². The van der Waals surface area contributed by atoms with E-state index in [1.165, 1.54) is 19.3 Å². The molecule has 5 atom stereocenters. The topological polar surface area (TPSA) is 66.8 Å². The molecule has 23 heavy (non-hydrogen) atoms. The van der Waals surface area contributed by atoms with Crippen LogP contribution in [0.5, 0.6) is 0 Å². The van der Waals surface area contributed by atoms with Crippen LogP contribution in [-0.4, -0.2) is 53.2 Å². The summed E-state index contributed by atoms with van der Waals surface area (Å²) in [5, 5.41) is 0.911. The molecule has 0 radical (unpaired) electrons. The van der Waals surface area contributed by atoms with Gasteiger partial charge >= 0.3 is 0 Å². The first kappa shape index (κ1) is 14.8. The lowest BCUT2D eigenvalue weighted by molar-refractivity contribution is -0.118. The first-order chi connectivity index (χ1) is 11.0. The summed E-state index contributed by atoms with van der Waals surface area (Å²) in [5.74, 6) is 2.11. The van der Waals surface area contributed by atoms with Crippen molar-refractivity contribution >= 4 is 32.7 Å². The minimum Gasteiger partial charge on any atom is -0.343 e. The number of carbonyl (C=O) groups is 1. The normalized spacial score (nSPS) is 45.8. The molecule has 0 unspecified atom stereocenters. The van der Waals surface area contributed by atoms with Crippen molar-refractivity contribution in [1.82, 2.24) is 4.90 Å². The maximum absolute atomic E-state index is 12.2. The molecule has 5 nitrogen and oxygen atoms in total. The molecule has 2 heterocycles. The van der Waals surface area contributed by atoms with Gasteiger partial charge in [-0.3, -0.25) is 4.79 Å². The Morgan fingerprint density at radius 1 is 1.09 bits per heavy atom. The number of carbonyl (C=O) groups excluding carboxylic acids is 1. The Kier molecular flexibility index (Phi) is 3.19. The van der Waals surface area contributed by atoms with Crippen molar-refractivity contribution in [1.29, 1.82) is 0 Å². The van der Waals surface area contributed by atoms with E-state index < -0.39 is 9.84 Å². The maximum Gasteiger partial charge on any atom is 0.251 e. The molecule has 2 saturated heterocycles. The Labute approximate surface area is 141 Å². The summed E-state index contributed by atoms with van der Waals surface area (Å²) < 4.78 is 24.1. The Balaban J connectivity index is 1.47. The van der Waals surface area contributed by atoms with Crippen molar-refractivity contribution in [2.45, 2.75) is 55.9 Å². The number of nitrogens with zero attached hydrogens (tertiary/aromatic N) is 2. The zero-order valence-corrected chi connectivity index (χ0v) is 14.7. The van der Waals surface area contributed by atoms with Crippen LogP contribution in [0.4, 0.5) is 0 Å². The molecule has 0 aromatic heterocycles. The molecule has 0 N–H and O–H groups in total. The maximum atomic E-state index is 12.2. The average molecular weight is 354 g/mol. The van der Waals surface area contributed by atoms with Crippen molar-refractivity contribution in [3.8, 4) is 0 Å². The van der Waals surface area contributed by atoms with E-state index in [1.807, 2.05) is 0 Å². The van der Waals surface area contributed by atoms with E-state index in [4.69, 9.17) is 0 Å². The van der Waals surface area contributed by atoms with Gasteiger partial charge in [0.25, 0.3) is 5.91 Å². The van der Waals surface area contributed by atoms with Crippen LogP contribution < -0.4 is 0 Å². The molecule has 7 heteroatoms. The summed E-state index contributed by atoms with van der Waals surface area (Å²) in [4.78, 5) is 18.9. The second-order valence-corrected chi connectivity index (χ2v) is 11.3. The van der Waals surface area contributed by atoms with Crippen molar-refractivity contribution in [2.24, 2.45) is 22.7 Å². The fourth-order valence-corrected chi connectivity index (χ4v) is 9.02. The highest BCUT2D eigenvalue weighted by Gasteiger charge is 2.54. The molecule has 2 aliphatic heterocycles. The third-order valence-corrected chi connectivity index (χ3v) is 9.52. The van der Waals surface area contributed by atoms with Gasteiger partial charge in [-0.1, -0.05) is 18.2 Å². The molecule has 0 aromatic rings. The number of aliphatic imine (C=N–C) groups is 1. The van der Waals surface area contributed by atoms with Crippen molar-refractivity contribution < 1.29 is 13.2 Å². The highest BCUT2D eigenvalue weighted by molar-refractivity contribution is 8.15. The Hall–Kier alpha value is -0.560. The van der Waals surface area contributed by atoms with E-state index in [1.54, 1.807) is 11.8 Å². The van der Waals surface area contributed by atoms with Crippen molar-refractivity contribution in [3.05, 3.63) is 0 Å². The van der Waals surface area contributed by atoms with Crippen LogP contribution in [-0.2, 0) is 14.6 Å². The van der Waals surface area contributed by atoms with Gasteiger partial charge in [-0.15, -0.1) is 0 Å². The van der Waals surface area contributed by atoms with Gasteiger partial charge in [0.15, 0.2) is 15.0 Å². The number of sulfone groups is 1.